The van der Waals surface area contributed by atoms with Crippen molar-refractivity contribution in [3.8, 4) is 5.75 Å². The molecular formula is C14H20F2N2O. The molecule has 0 unspecified atom stereocenters. The van der Waals surface area contributed by atoms with E-state index in [0.717, 1.165) is 45.2 Å². The second-order valence-corrected chi connectivity index (χ2v) is 4.87. The van der Waals surface area contributed by atoms with Crippen molar-refractivity contribution in [2.45, 2.75) is 19.3 Å². The molecule has 0 spiro atoms. The second-order valence-electron chi connectivity index (χ2n) is 4.87. The highest BCUT2D eigenvalue weighted by atomic mass is 19.3. The van der Waals surface area contributed by atoms with E-state index in [9.17, 15) is 8.78 Å². The van der Waals surface area contributed by atoms with Gasteiger partial charge in [-0.25, -0.2) is 8.78 Å². The first kappa shape index (κ1) is 14.1. The van der Waals surface area contributed by atoms with Crippen LogP contribution in [0.3, 0.4) is 0 Å². The van der Waals surface area contributed by atoms with Crippen molar-refractivity contribution in [2.75, 3.05) is 38.2 Å². The predicted molar refractivity (Wildman–Crippen MR) is 72.3 cm³/mol. The number of hydrogen-bond donors (Lipinski definition) is 1. The molecule has 0 aromatic heterocycles. The maximum atomic E-state index is 13.3. The lowest BCUT2D eigenvalue weighted by atomic mass is 10.1. The van der Waals surface area contributed by atoms with Crippen LogP contribution in [0.2, 0.25) is 0 Å². The molecule has 1 saturated heterocycles. The topological polar surface area (TPSA) is 24.5 Å². The van der Waals surface area contributed by atoms with Gasteiger partial charge in [0.1, 0.15) is 5.75 Å². The van der Waals surface area contributed by atoms with Crippen LogP contribution in [0.5, 0.6) is 5.75 Å². The van der Waals surface area contributed by atoms with Crippen molar-refractivity contribution in [3.63, 3.8) is 0 Å². The molecule has 0 bridgehead atoms. The number of nitrogens with one attached hydrogen (secondary N) is 1. The average Bonchev–Trinajstić information content (AvgIpc) is 2.65. The smallest absolute Gasteiger partial charge is 0.270 e. The van der Waals surface area contributed by atoms with Gasteiger partial charge < -0.3 is 15.0 Å². The van der Waals surface area contributed by atoms with Crippen molar-refractivity contribution >= 4 is 5.69 Å². The number of ether oxygens (including phenoxy) is 1. The minimum absolute atomic E-state index is 0.0129. The molecule has 1 N–H and O–H groups in total. The van der Waals surface area contributed by atoms with Crippen LogP contribution in [-0.4, -0.2) is 33.3 Å². The summed E-state index contributed by atoms with van der Waals surface area (Å²) in [7, 11) is 1.52. The Morgan fingerprint density at radius 2 is 2.05 bits per heavy atom. The molecule has 0 aliphatic carbocycles. The van der Waals surface area contributed by atoms with Crippen LogP contribution >= 0.6 is 0 Å². The number of anilines is 1. The molecule has 1 aliphatic heterocycles. The Kier molecular flexibility index (Phi) is 4.24. The van der Waals surface area contributed by atoms with E-state index in [0.29, 0.717) is 5.75 Å². The van der Waals surface area contributed by atoms with Gasteiger partial charge in [-0.3, -0.25) is 0 Å². The first-order valence-electron chi connectivity index (χ1n) is 6.54. The molecule has 1 fully saturated rings. The molecular weight excluding hydrogens is 250 g/mol. The van der Waals surface area contributed by atoms with Gasteiger partial charge in [0.15, 0.2) is 0 Å². The number of nitrogens with zero attached hydrogens (tertiary/aromatic N) is 1. The molecule has 5 heteroatoms. The summed E-state index contributed by atoms with van der Waals surface area (Å²) >= 11 is 0. The Morgan fingerprint density at radius 3 is 2.74 bits per heavy atom. The summed E-state index contributed by atoms with van der Waals surface area (Å²) < 4.78 is 31.9. The highest BCUT2D eigenvalue weighted by Crippen LogP contribution is 2.35. The van der Waals surface area contributed by atoms with E-state index in [4.69, 9.17) is 4.74 Å². The fourth-order valence-corrected chi connectivity index (χ4v) is 2.30. The third kappa shape index (κ3) is 3.35. The number of methoxy groups -OCH3 is 1. The number of rotatable bonds is 3. The summed E-state index contributed by atoms with van der Waals surface area (Å²) in [5.74, 6) is -2.33. The molecule has 106 valence electrons. The average molecular weight is 270 g/mol. The molecule has 1 heterocycles. The van der Waals surface area contributed by atoms with Gasteiger partial charge >= 0.3 is 0 Å². The fourth-order valence-electron chi connectivity index (χ4n) is 2.30. The molecule has 1 aromatic rings. The number of benzene rings is 1. The zero-order valence-corrected chi connectivity index (χ0v) is 11.4. The lowest BCUT2D eigenvalue weighted by Gasteiger charge is -2.25. The maximum Gasteiger partial charge on any atom is 0.270 e. The quantitative estimate of drug-likeness (QED) is 0.913. The summed E-state index contributed by atoms with van der Waals surface area (Å²) in [6, 6.07) is 4.65. The highest BCUT2D eigenvalue weighted by molar-refractivity contribution is 5.60. The summed E-state index contributed by atoms with van der Waals surface area (Å²) in [6.45, 7) is 4.56. The van der Waals surface area contributed by atoms with E-state index in [2.05, 4.69) is 10.2 Å². The van der Waals surface area contributed by atoms with Gasteiger partial charge in [-0.05, 0) is 25.1 Å². The van der Waals surface area contributed by atoms with Crippen LogP contribution in [0.4, 0.5) is 14.5 Å². The van der Waals surface area contributed by atoms with E-state index in [-0.39, 0.29) is 5.56 Å². The monoisotopic (exact) mass is 270 g/mol. The van der Waals surface area contributed by atoms with Crippen molar-refractivity contribution < 1.29 is 13.5 Å². The Balaban J connectivity index is 2.29. The van der Waals surface area contributed by atoms with Gasteiger partial charge in [0.05, 0.1) is 12.8 Å². The maximum absolute atomic E-state index is 13.3. The first-order chi connectivity index (χ1) is 9.02. The van der Waals surface area contributed by atoms with Gasteiger partial charge in [0, 0.05) is 32.1 Å². The zero-order valence-electron chi connectivity index (χ0n) is 11.4. The van der Waals surface area contributed by atoms with E-state index < -0.39 is 5.92 Å². The Hall–Kier alpha value is -1.36. The zero-order chi connectivity index (χ0) is 13.9. The molecule has 1 aromatic carbocycles. The van der Waals surface area contributed by atoms with Crippen molar-refractivity contribution in [1.82, 2.24) is 5.32 Å². The minimum atomic E-state index is -2.84. The van der Waals surface area contributed by atoms with E-state index in [1.54, 1.807) is 6.07 Å². The summed E-state index contributed by atoms with van der Waals surface area (Å²) in [5.41, 5.74) is 0.875. The largest absolute Gasteiger partial charge is 0.495 e. The standard InChI is InChI=1S/C14H20F2N2O/c1-14(15,16)11-4-5-12(13(10-11)19-2)18-8-3-6-17-7-9-18/h4-5,10,17H,3,6-9H2,1-2H3. The normalized spacial score (nSPS) is 17.2. The van der Waals surface area contributed by atoms with Gasteiger partial charge in [0.25, 0.3) is 5.92 Å². The molecule has 0 amide bonds. The lowest BCUT2D eigenvalue weighted by molar-refractivity contribution is 0.0173. The highest BCUT2D eigenvalue weighted by Gasteiger charge is 2.26. The molecule has 0 radical (unpaired) electrons. The molecule has 19 heavy (non-hydrogen) atoms. The Labute approximate surface area is 112 Å². The van der Waals surface area contributed by atoms with Gasteiger partial charge in [-0.2, -0.15) is 0 Å². The Morgan fingerprint density at radius 1 is 1.26 bits per heavy atom. The van der Waals surface area contributed by atoms with Crippen LogP contribution in [0.25, 0.3) is 0 Å². The lowest BCUT2D eigenvalue weighted by Crippen LogP contribution is -2.28. The molecule has 1 aliphatic rings. The number of hydrogen-bond acceptors (Lipinski definition) is 3. The van der Waals surface area contributed by atoms with Crippen molar-refractivity contribution in [3.05, 3.63) is 23.8 Å². The Bertz CT molecular complexity index is 424. The second kappa shape index (κ2) is 5.74. The fraction of sp³-hybridized carbons (Fsp3) is 0.571. The van der Waals surface area contributed by atoms with Crippen molar-refractivity contribution in [2.24, 2.45) is 0 Å². The molecule has 2 rings (SSSR count). The van der Waals surface area contributed by atoms with E-state index in [1.165, 1.54) is 19.2 Å². The van der Waals surface area contributed by atoms with Crippen LogP contribution in [-0.2, 0) is 5.92 Å². The number of alkyl halides is 2. The molecule has 0 saturated carbocycles. The minimum Gasteiger partial charge on any atom is -0.495 e. The third-order valence-electron chi connectivity index (χ3n) is 3.37. The summed E-state index contributed by atoms with van der Waals surface area (Å²) in [6.07, 6.45) is 1.04. The van der Waals surface area contributed by atoms with Gasteiger partial charge in [-0.15, -0.1) is 0 Å². The van der Waals surface area contributed by atoms with Crippen LogP contribution in [0.1, 0.15) is 18.9 Å². The SMILES string of the molecule is COc1cc(C(C)(F)F)ccc1N1CCCNCC1. The van der Waals surface area contributed by atoms with Crippen LogP contribution < -0.4 is 15.0 Å². The molecule has 0 atom stereocenters. The predicted octanol–water partition coefficient (Wildman–Crippen LogP) is 2.61. The van der Waals surface area contributed by atoms with Crippen molar-refractivity contribution in [1.29, 1.82) is 0 Å². The summed E-state index contributed by atoms with van der Waals surface area (Å²) in [4.78, 5) is 2.18. The van der Waals surface area contributed by atoms with E-state index in [1.807, 2.05) is 0 Å². The van der Waals surface area contributed by atoms with Crippen LogP contribution in [0.15, 0.2) is 18.2 Å². The van der Waals surface area contributed by atoms with Gasteiger partial charge in [0.2, 0.25) is 0 Å². The molecule has 3 nitrogen and oxygen atoms in total. The third-order valence-corrected chi connectivity index (χ3v) is 3.37. The summed E-state index contributed by atoms with van der Waals surface area (Å²) in [5, 5.41) is 3.32. The van der Waals surface area contributed by atoms with Crippen LogP contribution in [0, 0.1) is 0 Å². The first-order valence-corrected chi connectivity index (χ1v) is 6.54. The van der Waals surface area contributed by atoms with Gasteiger partial charge in [-0.1, -0.05) is 6.07 Å². The number of halogens is 2. The van der Waals surface area contributed by atoms with E-state index >= 15 is 0 Å².